The Hall–Kier alpha value is -3.87. The van der Waals surface area contributed by atoms with E-state index in [4.69, 9.17) is 8.83 Å². The molecule has 0 saturated heterocycles. The van der Waals surface area contributed by atoms with E-state index in [1.54, 1.807) is 30.3 Å². The third kappa shape index (κ3) is 4.02. The predicted molar refractivity (Wildman–Crippen MR) is 122 cm³/mol. The van der Waals surface area contributed by atoms with Crippen molar-refractivity contribution in [3.05, 3.63) is 80.4 Å². The van der Waals surface area contributed by atoms with Gasteiger partial charge in [-0.25, -0.2) is 4.79 Å². The highest BCUT2D eigenvalue weighted by Gasteiger charge is 2.20. The van der Waals surface area contributed by atoms with Crippen LogP contribution < -0.4 is 16.0 Å². The highest BCUT2D eigenvalue weighted by atomic mass is 16.4. The summed E-state index contributed by atoms with van der Waals surface area (Å²) in [4.78, 5) is 36.8. The van der Waals surface area contributed by atoms with Crippen molar-refractivity contribution in [1.29, 1.82) is 0 Å². The van der Waals surface area contributed by atoms with E-state index in [2.05, 4.69) is 5.32 Å². The topological polar surface area (TPSA) is 113 Å². The van der Waals surface area contributed by atoms with E-state index in [9.17, 15) is 19.5 Å². The molecule has 4 rings (SSSR count). The van der Waals surface area contributed by atoms with Crippen molar-refractivity contribution in [2.24, 2.45) is 0 Å². The maximum Gasteiger partial charge on any atom is 0.339 e. The second-order valence-corrected chi connectivity index (χ2v) is 8.26. The number of hydrogen-bond donors (Lipinski definition) is 1. The van der Waals surface area contributed by atoms with Gasteiger partial charge in [-0.3, -0.25) is 4.79 Å². The second-order valence-electron chi connectivity index (χ2n) is 8.26. The number of carboxylic acids is 1. The first-order valence-electron chi connectivity index (χ1n) is 10.7. The molecule has 0 radical (unpaired) electrons. The lowest BCUT2D eigenvalue weighted by Crippen LogP contribution is -2.41. The number of aliphatic carboxylic acids is 1. The lowest BCUT2D eigenvalue weighted by molar-refractivity contribution is -0.308. The number of fused-ring (bicyclic) bond motifs is 2. The lowest BCUT2D eigenvalue weighted by atomic mass is 9.98. The molecule has 1 N–H and O–H groups in total. The van der Waals surface area contributed by atoms with Crippen LogP contribution in [0.5, 0.6) is 0 Å². The van der Waals surface area contributed by atoms with Gasteiger partial charge in [0.25, 0.3) is 0 Å². The van der Waals surface area contributed by atoms with Crippen molar-refractivity contribution in [3.8, 4) is 0 Å². The summed E-state index contributed by atoms with van der Waals surface area (Å²) >= 11 is 0. The molecule has 0 saturated carbocycles. The molecule has 0 aliphatic carbocycles. The molecule has 2 heterocycles. The zero-order valence-corrected chi connectivity index (χ0v) is 18.9. The SMILES string of the molecule is Cc1oc2c(C)c3oc(=O)c(CCC(=O)N[C@H](C(=O)[O-])c4ccccc4)c(C)c3cc2c1C. The molecule has 0 bridgehead atoms. The standard InChI is InChI=1S/C26H25NO6/c1-13-16(4)32-23-15(3)24-20(12-19(13)23)14(2)18(26(31)33-24)10-11-21(28)27-22(25(29)30)17-8-6-5-7-9-17/h5-9,12,22H,10-11H2,1-4H3,(H,27,28)(H,29,30)/p-1/t22-/m0/s1. The molecule has 0 spiro atoms. The van der Waals surface area contributed by atoms with Crippen molar-refractivity contribution >= 4 is 33.8 Å². The molecular weight excluding hydrogens is 422 g/mol. The van der Waals surface area contributed by atoms with Crippen LogP contribution in [0.4, 0.5) is 0 Å². The summed E-state index contributed by atoms with van der Waals surface area (Å²) in [6.07, 6.45) is 0.0454. The van der Waals surface area contributed by atoms with Gasteiger partial charge >= 0.3 is 5.63 Å². The molecule has 0 aliphatic heterocycles. The molecule has 7 nitrogen and oxygen atoms in total. The molecule has 2 aromatic carbocycles. The predicted octanol–water partition coefficient (Wildman–Crippen LogP) is 3.31. The molecule has 33 heavy (non-hydrogen) atoms. The molecule has 0 aliphatic rings. The summed E-state index contributed by atoms with van der Waals surface area (Å²) in [6.45, 7) is 7.55. The van der Waals surface area contributed by atoms with E-state index in [-0.39, 0.29) is 12.8 Å². The van der Waals surface area contributed by atoms with Gasteiger partial charge in [0.1, 0.15) is 16.9 Å². The number of hydrogen-bond acceptors (Lipinski definition) is 6. The average molecular weight is 446 g/mol. The summed E-state index contributed by atoms with van der Waals surface area (Å²) < 4.78 is 11.5. The molecule has 0 unspecified atom stereocenters. The van der Waals surface area contributed by atoms with E-state index in [0.29, 0.717) is 22.3 Å². The third-order valence-corrected chi connectivity index (χ3v) is 6.22. The Labute approximate surface area is 190 Å². The van der Waals surface area contributed by atoms with Crippen LogP contribution in [0.1, 0.15) is 46.0 Å². The fraction of sp³-hybridized carbons (Fsp3) is 0.269. The van der Waals surface area contributed by atoms with Gasteiger partial charge in [0.15, 0.2) is 0 Å². The number of carboxylic acid groups (broad SMARTS) is 1. The fourth-order valence-electron chi connectivity index (χ4n) is 4.18. The van der Waals surface area contributed by atoms with E-state index in [1.807, 2.05) is 33.8 Å². The number of rotatable bonds is 6. The van der Waals surface area contributed by atoms with Gasteiger partial charge in [0, 0.05) is 28.3 Å². The number of carbonyl (C=O) groups excluding carboxylic acids is 2. The summed E-state index contributed by atoms with van der Waals surface area (Å²) in [5.41, 5.74) is 3.95. The van der Waals surface area contributed by atoms with Gasteiger partial charge in [0.2, 0.25) is 5.91 Å². The normalized spacial score (nSPS) is 12.2. The maximum atomic E-state index is 12.7. The van der Waals surface area contributed by atoms with Crippen molar-refractivity contribution in [3.63, 3.8) is 0 Å². The monoisotopic (exact) mass is 446 g/mol. The van der Waals surface area contributed by atoms with Crippen LogP contribution in [-0.2, 0) is 16.0 Å². The van der Waals surface area contributed by atoms with Crippen LogP contribution in [0, 0.1) is 27.7 Å². The summed E-state index contributed by atoms with van der Waals surface area (Å²) in [5, 5.41) is 15.8. The second kappa shape index (κ2) is 8.58. The molecule has 1 atom stereocenters. The first-order chi connectivity index (χ1) is 15.7. The Bertz CT molecular complexity index is 1450. The summed E-state index contributed by atoms with van der Waals surface area (Å²) in [5.74, 6) is -1.10. The van der Waals surface area contributed by atoms with Gasteiger partial charge in [-0.05, 0) is 56.9 Å². The van der Waals surface area contributed by atoms with Crippen LogP contribution in [0.25, 0.3) is 21.9 Å². The largest absolute Gasteiger partial charge is 0.548 e. The zero-order chi connectivity index (χ0) is 23.9. The van der Waals surface area contributed by atoms with E-state index in [0.717, 1.165) is 33.2 Å². The smallest absolute Gasteiger partial charge is 0.339 e. The van der Waals surface area contributed by atoms with Crippen LogP contribution in [-0.4, -0.2) is 11.9 Å². The van der Waals surface area contributed by atoms with Gasteiger partial charge in [0.05, 0.1) is 12.0 Å². The first-order valence-corrected chi connectivity index (χ1v) is 10.7. The Kier molecular flexibility index (Phi) is 5.80. The van der Waals surface area contributed by atoms with E-state index < -0.39 is 23.5 Å². The number of nitrogens with one attached hydrogen (secondary N) is 1. The number of furan rings is 1. The molecule has 7 heteroatoms. The molecule has 4 aromatic rings. The quantitative estimate of drug-likeness (QED) is 0.455. The summed E-state index contributed by atoms with van der Waals surface area (Å²) in [7, 11) is 0. The Balaban J connectivity index is 1.63. The van der Waals surface area contributed by atoms with Crippen LogP contribution in [0.15, 0.2) is 50.0 Å². The minimum Gasteiger partial charge on any atom is -0.548 e. The van der Waals surface area contributed by atoms with E-state index in [1.165, 1.54) is 0 Å². The number of carbonyl (C=O) groups is 2. The maximum absolute atomic E-state index is 12.7. The van der Waals surface area contributed by atoms with E-state index >= 15 is 0 Å². The number of aryl methyl sites for hydroxylation is 4. The Morgan fingerprint density at radius 1 is 0.939 bits per heavy atom. The zero-order valence-electron chi connectivity index (χ0n) is 18.9. The Morgan fingerprint density at radius 3 is 2.24 bits per heavy atom. The van der Waals surface area contributed by atoms with Gasteiger partial charge < -0.3 is 24.1 Å². The third-order valence-electron chi connectivity index (χ3n) is 6.22. The molecule has 0 fully saturated rings. The van der Waals surface area contributed by atoms with Crippen molar-refractivity contribution < 1.29 is 23.5 Å². The van der Waals surface area contributed by atoms with Gasteiger partial charge in [-0.1, -0.05) is 30.3 Å². The van der Waals surface area contributed by atoms with Gasteiger partial charge in [-0.2, -0.15) is 0 Å². The molecule has 2 aromatic heterocycles. The van der Waals surface area contributed by atoms with Crippen molar-refractivity contribution in [2.75, 3.05) is 0 Å². The lowest BCUT2D eigenvalue weighted by Gasteiger charge is -2.20. The highest BCUT2D eigenvalue weighted by Crippen LogP contribution is 2.34. The molecular formula is C26H24NO6-. The number of amides is 1. The minimum absolute atomic E-state index is 0.0706. The minimum atomic E-state index is -1.40. The first kappa shape index (κ1) is 22.3. The fourth-order valence-corrected chi connectivity index (χ4v) is 4.18. The van der Waals surface area contributed by atoms with Crippen molar-refractivity contribution in [1.82, 2.24) is 5.32 Å². The molecule has 170 valence electrons. The van der Waals surface area contributed by atoms with Gasteiger partial charge in [-0.15, -0.1) is 0 Å². The van der Waals surface area contributed by atoms with Crippen LogP contribution in [0.2, 0.25) is 0 Å². The summed E-state index contributed by atoms with van der Waals surface area (Å²) in [6, 6.07) is 9.01. The highest BCUT2D eigenvalue weighted by molar-refractivity contribution is 6.00. The van der Waals surface area contributed by atoms with Crippen LogP contribution >= 0.6 is 0 Å². The number of benzene rings is 2. The van der Waals surface area contributed by atoms with Crippen LogP contribution in [0.3, 0.4) is 0 Å². The average Bonchev–Trinajstić information content (AvgIpc) is 3.07. The van der Waals surface area contributed by atoms with Crippen molar-refractivity contribution in [2.45, 2.75) is 46.6 Å². The Morgan fingerprint density at radius 2 is 1.58 bits per heavy atom. The molecule has 1 amide bonds.